The normalized spacial score (nSPS) is 30.4. The van der Waals surface area contributed by atoms with Gasteiger partial charge in [-0.1, -0.05) is 24.3 Å². The molecule has 1 aliphatic rings. The van der Waals surface area contributed by atoms with Crippen molar-refractivity contribution in [2.75, 3.05) is 13.7 Å². The lowest BCUT2D eigenvalue weighted by Gasteiger charge is -2.22. The van der Waals surface area contributed by atoms with Crippen molar-refractivity contribution in [3.05, 3.63) is 35.4 Å². The number of nitrogens with two attached hydrogens (primary N) is 1. The second-order valence-electron chi connectivity index (χ2n) is 3.86. The molecule has 0 aromatic heterocycles. The molecule has 0 saturated carbocycles. The summed E-state index contributed by atoms with van der Waals surface area (Å²) in [7, 11) is 1.59. The molecule has 3 heteroatoms. The van der Waals surface area contributed by atoms with Crippen molar-refractivity contribution >= 4 is 0 Å². The highest BCUT2D eigenvalue weighted by atomic mass is 16.5. The number of benzene rings is 1. The lowest BCUT2D eigenvalue weighted by molar-refractivity contribution is -0.0371. The molecule has 0 heterocycles. The first-order chi connectivity index (χ1) is 6.67. The average Bonchev–Trinajstić information content (AvgIpc) is 2.41. The Labute approximate surface area is 83.5 Å². The Bertz CT molecular complexity index is 340. The molecule has 3 nitrogen and oxygen atoms in total. The Hall–Kier alpha value is -0.900. The second-order valence-corrected chi connectivity index (χ2v) is 3.86. The van der Waals surface area contributed by atoms with Gasteiger partial charge in [-0.2, -0.15) is 0 Å². The van der Waals surface area contributed by atoms with Crippen LogP contribution in [0.3, 0.4) is 0 Å². The van der Waals surface area contributed by atoms with Crippen molar-refractivity contribution in [1.29, 1.82) is 0 Å². The lowest BCUT2D eigenvalue weighted by atomic mass is 9.97. The van der Waals surface area contributed by atoms with Crippen LogP contribution in [-0.2, 0) is 10.3 Å². The van der Waals surface area contributed by atoms with Gasteiger partial charge < -0.3 is 15.6 Å². The van der Waals surface area contributed by atoms with Crippen LogP contribution in [0.2, 0.25) is 0 Å². The van der Waals surface area contributed by atoms with Crippen molar-refractivity contribution < 1.29 is 9.84 Å². The molecule has 0 fully saturated rings. The molecular weight excluding hydrogens is 178 g/mol. The third kappa shape index (κ3) is 1.34. The fourth-order valence-corrected chi connectivity index (χ4v) is 2.20. The number of rotatable bonds is 2. The van der Waals surface area contributed by atoms with E-state index in [0.29, 0.717) is 13.0 Å². The molecule has 0 amide bonds. The molecule has 3 N–H and O–H groups in total. The zero-order valence-corrected chi connectivity index (χ0v) is 8.23. The highest BCUT2D eigenvalue weighted by Gasteiger charge is 2.40. The summed E-state index contributed by atoms with van der Waals surface area (Å²) in [5.41, 5.74) is 6.98. The third-order valence-electron chi connectivity index (χ3n) is 2.80. The Morgan fingerprint density at radius 2 is 2.29 bits per heavy atom. The molecule has 14 heavy (non-hydrogen) atoms. The van der Waals surface area contributed by atoms with Gasteiger partial charge in [0.15, 0.2) is 0 Å². The van der Waals surface area contributed by atoms with E-state index in [1.54, 1.807) is 7.11 Å². The topological polar surface area (TPSA) is 55.5 Å². The predicted molar refractivity (Wildman–Crippen MR) is 53.8 cm³/mol. The quantitative estimate of drug-likeness (QED) is 0.734. The van der Waals surface area contributed by atoms with Gasteiger partial charge in [0.1, 0.15) is 5.60 Å². The van der Waals surface area contributed by atoms with Gasteiger partial charge in [0.2, 0.25) is 0 Å². The largest absolute Gasteiger partial charge is 0.383 e. The monoisotopic (exact) mass is 193 g/mol. The van der Waals surface area contributed by atoms with Gasteiger partial charge in [0.05, 0.1) is 6.61 Å². The van der Waals surface area contributed by atoms with Crippen LogP contribution < -0.4 is 5.73 Å². The predicted octanol–water partition coefficient (Wildman–Crippen LogP) is 0.924. The first-order valence-electron chi connectivity index (χ1n) is 4.74. The van der Waals surface area contributed by atoms with Gasteiger partial charge >= 0.3 is 0 Å². The van der Waals surface area contributed by atoms with Crippen LogP contribution in [0.1, 0.15) is 23.6 Å². The number of aliphatic hydroxyl groups is 1. The molecule has 0 radical (unpaired) electrons. The maximum Gasteiger partial charge on any atom is 0.115 e. The van der Waals surface area contributed by atoms with E-state index in [2.05, 4.69) is 0 Å². The van der Waals surface area contributed by atoms with Gasteiger partial charge in [-0.25, -0.2) is 0 Å². The zero-order valence-electron chi connectivity index (χ0n) is 8.23. The van der Waals surface area contributed by atoms with E-state index < -0.39 is 5.60 Å². The maximum absolute atomic E-state index is 10.3. The molecule has 0 bridgehead atoms. The Morgan fingerprint density at radius 3 is 3.00 bits per heavy atom. The van der Waals surface area contributed by atoms with Crippen LogP contribution in [0.5, 0.6) is 0 Å². The zero-order chi connectivity index (χ0) is 10.2. The molecule has 1 aromatic rings. The van der Waals surface area contributed by atoms with Crippen molar-refractivity contribution in [2.24, 2.45) is 5.73 Å². The Kier molecular flexibility index (Phi) is 2.31. The molecule has 0 saturated heterocycles. The molecule has 2 unspecified atom stereocenters. The number of methoxy groups -OCH3 is 1. The van der Waals surface area contributed by atoms with Crippen LogP contribution in [0.15, 0.2) is 24.3 Å². The Balaban J connectivity index is 2.43. The van der Waals surface area contributed by atoms with E-state index >= 15 is 0 Å². The summed E-state index contributed by atoms with van der Waals surface area (Å²) in [6.45, 7) is 0.303. The van der Waals surface area contributed by atoms with Gasteiger partial charge in [0, 0.05) is 19.6 Å². The van der Waals surface area contributed by atoms with E-state index in [-0.39, 0.29) is 6.04 Å². The fraction of sp³-hybridized carbons (Fsp3) is 0.455. The summed E-state index contributed by atoms with van der Waals surface area (Å²) >= 11 is 0. The summed E-state index contributed by atoms with van der Waals surface area (Å²) in [5.74, 6) is 0. The lowest BCUT2D eigenvalue weighted by Crippen LogP contribution is -2.29. The van der Waals surface area contributed by atoms with Crippen molar-refractivity contribution in [2.45, 2.75) is 18.1 Å². The average molecular weight is 193 g/mol. The van der Waals surface area contributed by atoms with Gasteiger partial charge in [0.25, 0.3) is 0 Å². The first kappa shape index (κ1) is 9.65. The van der Waals surface area contributed by atoms with E-state index in [1.165, 1.54) is 0 Å². The summed E-state index contributed by atoms with van der Waals surface area (Å²) in [5, 5.41) is 10.3. The maximum atomic E-state index is 10.3. The van der Waals surface area contributed by atoms with Crippen LogP contribution >= 0.6 is 0 Å². The summed E-state index contributed by atoms with van der Waals surface area (Å²) in [4.78, 5) is 0. The molecule has 1 aromatic carbocycles. The van der Waals surface area contributed by atoms with Crippen molar-refractivity contribution in [3.63, 3.8) is 0 Å². The molecular formula is C11H15NO2. The standard InChI is InChI=1S/C11H15NO2/c1-14-7-11(13)6-10(12)8-4-2-3-5-9(8)11/h2-5,10,13H,6-7,12H2,1H3. The van der Waals surface area contributed by atoms with E-state index in [4.69, 9.17) is 10.5 Å². The summed E-state index contributed by atoms with van der Waals surface area (Å²) < 4.78 is 5.03. The number of ether oxygens (including phenoxy) is 1. The number of hydrogen-bond acceptors (Lipinski definition) is 3. The highest BCUT2D eigenvalue weighted by Crippen LogP contribution is 2.41. The molecule has 76 valence electrons. The van der Waals surface area contributed by atoms with Crippen LogP contribution in [0.25, 0.3) is 0 Å². The molecule has 2 atom stereocenters. The van der Waals surface area contributed by atoms with Crippen LogP contribution in [-0.4, -0.2) is 18.8 Å². The molecule has 0 spiro atoms. The molecule has 0 aliphatic heterocycles. The SMILES string of the molecule is COCC1(O)CC(N)c2ccccc21. The molecule has 1 aliphatic carbocycles. The minimum Gasteiger partial charge on any atom is -0.383 e. The van der Waals surface area contributed by atoms with Gasteiger partial charge in [-0.15, -0.1) is 0 Å². The van der Waals surface area contributed by atoms with E-state index in [9.17, 15) is 5.11 Å². The van der Waals surface area contributed by atoms with E-state index in [1.807, 2.05) is 24.3 Å². The van der Waals surface area contributed by atoms with Gasteiger partial charge in [-0.05, 0) is 11.1 Å². The van der Waals surface area contributed by atoms with Crippen LogP contribution in [0, 0.1) is 0 Å². The van der Waals surface area contributed by atoms with Crippen molar-refractivity contribution in [1.82, 2.24) is 0 Å². The van der Waals surface area contributed by atoms with Crippen molar-refractivity contribution in [3.8, 4) is 0 Å². The first-order valence-corrected chi connectivity index (χ1v) is 4.74. The minimum atomic E-state index is -0.898. The smallest absolute Gasteiger partial charge is 0.115 e. The van der Waals surface area contributed by atoms with E-state index in [0.717, 1.165) is 11.1 Å². The summed E-state index contributed by atoms with van der Waals surface area (Å²) in [6, 6.07) is 7.66. The highest BCUT2D eigenvalue weighted by molar-refractivity contribution is 5.39. The minimum absolute atomic E-state index is 0.0775. The van der Waals surface area contributed by atoms with Gasteiger partial charge in [-0.3, -0.25) is 0 Å². The number of hydrogen-bond donors (Lipinski definition) is 2. The number of fused-ring (bicyclic) bond motifs is 1. The fourth-order valence-electron chi connectivity index (χ4n) is 2.20. The summed E-state index contributed by atoms with van der Waals surface area (Å²) in [6.07, 6.45) is 0.542. The second kappa shape index (κ2) is 3.35. The van der Waals surface area contributed by atoms with Crippen LogP contribution in [0.4, 0.5) is 0 Å². The third-order valence-corrected chi connectivity index (χ3v) is 2.80. The molecule has 2 rings (SSSR count). The Morgan fingerprint density at radius 1 is 1.57 bits per heavy atom.